The second-order valence-electron chi connectivity index (χ2n) is 10.4. The number of carbonyl (C=O) groups excluding carboxylic acids is 2. The number of hydrogen-bond donors (Lipinski definition) is 3. The Labute approximate surface area is 227 Å². The van der Waals surface area contributed by atoms with Gasteiger partial charge in [-0.05, 0) is 53.8 Å². The molecule has 0 bridgehead atoms. The Bertz CT molecular complexity index is 1670. The lowest BCUT2D eigenvalue weighted by molar-refractivity contribution is 0.102. The van der Waals surface area contributed by atoms with Crippen LogP contribution >= 0.6 is 0 Å². The fourth-order valence-corrected chi connectivity index (χ4v) is 4.38. The molecule has 2 aromatic heterocycles. The van der Waals surface area contributed by atoms with Crippen molar-refractivity contribution in [3.63, 3.8) is 0 Å². The smallest absolute Gasteiger partial charge is 0.321 e. The fourth-order valence-electron chi connectivity index (χ4n) is 4.38. The SMILES string of the molecule is Cc1ccc(C(C)(C)C)cc1-n1nccc1NC(=O)Nc1ccc(NC(=O)c2ccncc2)c2ccccc12. The number of aromatic nitrogens is 3. The van der Waals surface area contributed by atoms with Crippen molar-refractivity contribution in [2.24, 2.45) is 0 Å². The number of pyridine rings is 1. The van der Waals surface area contributed by atoms with Gasteiger partial charge in [-0.3, -0.25) is 15.1 Å². The zero-order valence-corrected chi connectivity index (χ0v) is 22.3. The minimum atomic E-state index is -0.403. The molecule has 0 unspecified atom stereocenters. The maximum Gasteiger partial charge on any atom is 0.324 e. The van der Waals surface area contributed by atoms with Gasteiger partial charge in [0, 0.05) is 40.5 Å². The van der Waals surface area contributed by atoms with Crippen LogP contribution in [0.3, 0.4) is 0 Å². The molecule has 3 amide bonds. The number of urea groups is 1. The first kappa shape index (κ1) is 25.7. The van der Waals surface area contributed by atoms with E-state index in [2.05, 4.69) is 65.0 Å². The van der Waals surface area contributed by atoms with Crippen LogP contribution in [-0.2, 0) is 5.41 Å². The average molecular weight is 519 g/mol. The highest BCUT2D eigenvalue weighted by atomic mass is 16.2. The number of nitrogens with zero attached hydrogens (tertiary/aromatic N) is 3. The fraction of sp³-hybridized carbons (Fsp3) is 0.161. The molecular weight excluding hydrogens is 488 g/mol. The third-order valence-electron chi connectivity index (χ3n) is 6.55. The molecule has 5 rings (SSSR count). The summed E-state index contributed by atoms with van der Waals surface area (Å²) in [5, 5.41) is 14.9. The lowest BCUT2D eigenvalue weighted by Gasteiger charge is -2.21. The molecule has 0 aliphatic carbocycles. The molecule has 0 aliphatic rings. The van der Waals surface area contributed by atoms with Gasteiger partial charge in [-0.25, -0.2) is 9.48 Å². The number of fused-ring (bicyclic) bond motifs is 1. The van der Waals surface area contributed by atoms with Gasteiger partial charge in [-0.1, -0.05) is 57.2 Å². The number of carbonyl (C=O) groups is 2. The topological polar surface area (TPSA) is 101 Å². The summed E-state index contributed by atoms with van der Waals surface area (Å²) in [4.78, 5) is 29.8. The van der Waals surface area contributed by atoms with Crippen LogP contribution in [0.1, 0.15) is 42.3 Å². The molecule has 3 N–H and O–H groups in total. The van der Waals surface area contributed by atoms with E-state index in [1.54, 1.807) is 53.6 Å². The second-order valence-corrected chi connectivity index (χ2v) is 10.4. The van der Waals surface area contributed by atoms with Gasteiger partial charge in [0.2, 0.25) is 0 Å². The molecular formula is C31H30N6O2. The Balaban J connectivity index is 1.38. The molecule has 2 heterocycles. The number of hydrogen-bond acceptors (Lipinski definition) is 4. The molecule has 39 heavy (non-hydrogen) atoms. The van der Waals surface area contributed by atoms with E-state index in [-0.39, 0.29) is 11.3 Å². The summed E-state index contributed by atoms with van der Waals surface area (Å²) in [7, 11) is 0. The van der Waals surface area contributed by atoms with E-state index in [9.17, 15) is 9.59 Å². The predicted molar refractivity (Wildman–Crippen MR) is 156 cm³/mol. The molecule has 8 heteroatoms. The van der Waals surface area contributed by atoms with E-state index in [0.717, 1.165) is 22.0 Å². The lowest BCUT2D eigenvalue weighted by Crippen LogP contribution is -2.22. The normalized spacial score (nSPS) is 11.3. The number of rotatable bonds is 5. The van der Waals surface area contributed by atoms with Crippen molar-refractivity contribution in [3.8, 4) is 5.69 Å². The van der Waals surface area contributed by atoms with Gasteiger partial charge in [-0.15, -0.1) is 0 Å². The summed E-state index contributed by atoms with van der Waals surface area (Å²) in [5.41, 5.74) is 4.87. The second kappa shape index (κ2) is 10.4. The molecule has 0 fully saturated rings. The van der Waals surface area contributed by atoms with Crippen molar-refractivity contribution >= 4 is 39.9 Å². The van der Waals surface area contributed by atoms with Gasteiger partial charge < -0.3 is 10.6 Å². The van der Waals surface area contributed by atoms with E-state index in [1.807, 2.05) is 31.2 Å². The molecule has 5 aromatic rings. The minimum Gasteiger partial charge on any atom is -0.321 e. The van der Waals surface area contributed by atoms with Crippen LogP contribution in [0.4, 0.5) is 22.0 Å². The van der Waals surface area contributed by atoms with Gasteiger partial charge in [0.15, 0.2) is 0 Å². The largest absolute Gasteiger partial charge is 0.324 e. The molecule has 8 nitrogen and oxygen atoms in total. The van der Waals surface area contributed by atoms with Crippen LogP contribution in [0.5, 0.6) is 0 Å². The summed E-state index contributed by atoms with van der Waals surface area (Å²) < 4.78 is 1.74. The summed E-state index contributed by atoms with van der Waals surface area (Å²) >= 11 is 0. The van der Waals surface area contributed by atoms with Crippen LogP contribution < -0.4 is 16.0 Å². The standard InChI is InChI=1S/C31H30N6O2/c1-20-9-10-22(31(2,3)4)19-27(20)37-28(15-18-33-37)36-30(39)35-26-12-11-25(23-7-5-6-8-24(23)26)34-29(38)21-13-16-32-17-14-21/h5-19H,1-4H3,(H,34,38)(H2,35,36,39). The van der Waals surface area contributed by atoms with E-state index in [4.69, 9.17) is 0 Å². The third kappa shape index (κ3) is 5.50. The van der Waals surface area contributed by atoms with Gasteiger partial charge in [0.05, 0.1) is 17.6 Å². The minimum absolute atomic E-state index is 0.0223. The molecule has 0 saturated carbocycles. The molecule has 0 spiro atoms. The van der Waals surface area contributed by atoms with E-state index < -0.39 is 6.03 Å². The molecule has 3 aromatic carbocycles. The van der Waals surface area contributed by atoms with Crippen LogP contribution in [0.2, 0.25) is 0 Å². The number of nitrogens with one attached hydrogen (secondary N) is 3. The van der Waals surface area contributed by atoms with Crippen molar-refractivity contribution in [2.45, 2.75) is 33.1 Å². The summed E-state index contributed by atoms with van der Waals surface area (Å²) in [5.74, 6) is 0.312. The van der Waals surface area contributed by atoms with E-state index in [0.29, 0.717) is 22.8 Å². The molecule has 0 saturated heterocycles. The third-order valence-corrected chi connectivity index (χ3v) is 6.55. The molecule has 0 atom stereocenters. The Hall–Kier alpha value is -4.98. The number of anilines is 3. The first-order chi connectivity index (χ1) is 18.7. The Kier molecular flexibility index (Phi) is 6.85. The Morgan fingerprint density at radius 1 is 0.769 bits per heavy atom. The van der Waals surface area contributed by atoms with Crippen LogP contribution in [-0.4, -0.2) is 26.7 Å². The zero-order chi connectivity index (χ0) is 27.6. The maximum atomic E-state index is 13.1. The molecule has 196 valence electrons. The van der Waals surface area contributed by atoms with E-state index in [1.165, 1.54) is 5.56 Å². The summed E-state index contributed by atoms with van der Waals surface area (Å²) in [6, 6.07) is 22.1. The highest BCUT2D eigenvalue weighted by Crippen LogP contribution is 2.31. The van der Waals surface area contributed by atoms with Gasteiger partial charge in [-0.2, -0.15) is 5.10 Å². The lowest BCUT2D eigenvalue weighted by atomic mass is 9.86. The predicted octanol–water partition coefficient (Wildman–Crippen LogP) is 6.92. The first-order valence-electron chi connectivity index (χ1n) is 12.7. The summed E-state index contributed by atoms with van der Waals surface area (Å²) in [6.45, 7) is 8.51. The average Bonchev–Trinajstić information content (AvgIpc) is 3.37. The monoisotopic (exact) mass is 518 g/mol. The van der Waals surface area contributed by atoms with Crippen LogP contribution in [0.25, 0.3) is 16.5 Å². The van der Waals surface area contributed by atoms with Gasteiger partial charge in [0.25, 0.3) is 5.91 Å². The van der Waals surface area contributed by atoms with Crippen molar-refractivity contribution < 1.29 is 9.59 Å². The Morgan fingerprint density at radius 2 is 1.44 bits per heavy atom. The molecule has 0 aliphatic heterocycles. The van der Waals surface area contributed by atoms with Crippen molar-refractivity contribution in [3.05, 3.63) is 108 Å². The van der Waals surface area contributed by atoms with Crippen LogP contribution in [0.15, 0.2) is 91.4 Å². The first-order valence-corrected chi connectivity index (χ1v) is 12.7. The Morgan fingerprint density at radius 3 is 2.10 bits per heavy atom. The quantitative estimate of drug-likeness (QED) is 0.235. The maximum absolute atomic E-state index is 13.1. The van der Waals surface area contributed by atoms with Crippen molar-refractivity contribution in [1.29, 1.82) is 0 Å². The summed E-state index contributed by atoms with van der Waals surface area (Å²) in [6.07, 6.45) is 4.81. The van der Waals surface area contributed by atoms with Crippen LogP contribution in [0, 0.1) is 6.92 Å². The molecule has 0 radical (unpaired) electrons. The van der Waals surface area contributed by atoms with Gasteiger partial charge in [0.1, 0.15) is 5.82 Å². The van der Waals surface area contributed by atoms with E-state index >= 15 is 0 Å². The highest BCUT2D eigenvalue weighted by Gasteiger charge is 2.18. The number of benzene rings is 3. The zero-order valence-electron chi connectivity index (χ0n) is 22.3. The van der Waals surface area contributed by atoms with Crippen molar-refractivity contribution in [1.82, 2.24) is 14.8 Å². The van der Waals surface area contributed by atoms with Gasteiger partial charge >= 0.3 is 6.03 Å². The highest BCUT2D eigenvalue weighted by molar-refractivity contribution is 6.13. The van der Waals surface area contributed by atoms with Crippen molar-refractivity contribution in [2.75, 3.05) is 16.0 Å². The number of amides is 3. The number of aryl methyl sites for hydroxylation is 1.